The van der Waals surface area contributed by atoms with Crippen molar-refractivity contribution in [3.8, 4) is 0 Å². The van der Waals surface area contributed by atoms with E-state index < -0.39 is 33.1 Å². The molecule has 0 aliphatic carbocycles. The van der Waals surface area contributed by atoms with Crippen LogP contribution < -0.4 is 0 Å². The van der Waals surface area contributed by atoms with Crippen LogP contribution in [0.1, 0.15) is 16.2 Å². The molecule has 1 heterocycles. The molecule has 1 aromatic heterocycles. The molecule has 0 amide bonds. The highest BCUT2D eigenvalue weighted by Gasteiger charge is 2.29. The van der Waals surface area contributed by atoms with Crippen LogP contribution >= 0.6 is 11.8 Å². The summed E-state index contributed by atoms with van der Waals surface area (Å²) in [6.45, 7) is 1.44. The first-order chi connectivity index (χ1) is 9.81. The average Bonchev–Trinajstić information content (AvgIpc) is 2.70. The lowest BCUT2D eigenvalue weighted by Gasteiger charge is -2.00. The fraction of sp³-hybridized carbons (Fsp3) is 0.167. The lowest BCUT2D eigenvalue weighted by Crippen LogP contribution is -2.01. The summed E-state index contributed by atoms with van der Waals surface area (Å²) in [4.78, 5) is 22.1. The number of hydrogen-bond donors (Lipinski definition) is 0. The maximum atomic E-state index is 13.5. The second-order valence-electron chi connectivity index (χ2n) is 4.13. The molecule has 0 aliphatic heterocycles. The quantitative estimate of drug-likeness (QED) is 0.494. The number of nitro groups is 1. The van der Waals surface area contributed by atoms with Gasteiger partial charge in [0.2, 0.25) is 5.69 Å². The van der Waals surface area contributed by atoms with Crippen molar-refractivity contribution in [2.75, 3.05) is 0 Å². The second kappa shape index (κ2) is 5.60. The third-order valence-corrected chi connectivity index (χ3v) is 3.69. The van der Waals surface area contributed by atoms with E-state index in [1.165, 1.54) is 18.7 Å². The summed E-state index contributed by atoms with van der Waals surface area (Å²) in [6, 6.07) is 2.64. The van der Waals surface area contributed by atoms with Gasteiger partial charge in [-0.2, -0.15) is 5.10 Å². The van der Waals surface area contributed by atoms with Crippen molar-refractivity contribution in [2.45, 2.75) is 11.8 Å². The van der Waals surface area contributed by atoms with E-state index in [1.54, 1.807) is 0 Å². The maximum absolute atomic E-state index is 13.5. The van der Waals surface area contributed by atoms with Gasteiger partial charge >= 0.3 is 5.69 Å². The van der Waals surface area contributed by atoms with Crippen LogP contribution in [0.4, 0.5) is 14.5 Å². The summed E-state index contributed by atoms with van der Waals surface area (Å²) in [5, 5.41) is 13.9. The Balaban J connectivity index is 2.39. The van der Waals surface area contributed by atoms with E-state index in [4.69, 9.17) is 0 Å². The minimum absolute atomic E-state index is 0.198. The number of aromatic nitrogens is 2. The number of thioether (sulfide) groups is 1. The molecule has 2 aromatic rings. The zero-order chi connectivity index (χ0) is 15.7. The molecular formula is C12H9F2N3O3S. The minimum Gasteiger partial charge on any atom is -0.279 e. The van der Waals surface area contributed by atoms with Crippen LogP contribution in [-0.4, -0.2) is 19.8 Å². The minimum atomic E-state index is -0.824. The smallest absolute Gasteiger partial charge is 0.279 e. The van der Waals surface area contributed by atoms with Crippen molar-refractivity contribution in [2.24, 2.45) is 7.05 Å². The van der Waals surface area contributed by atoms with E-state index in [-0.39, 0.29) is 10.6 Å². The Labute approximate surface area is 121 Å². The molecule has 6 nitrogen and oxygen atoms in total. The van der Waals surface area contributed by atoms with Crippen LogP contribution in [0, 0.1) is 28.7 Å². The van der Waals surface area contributed by atoms with Gasteiger partial charge in [0.15, 0.2) is 0 Å². The molecule has 1 aromatic carbocycles. The Morgan fingerprint density at radius 2 is 2.10 bits per heavy atom. The predicted molar refractivity (Wildman–Crippen MR) is 71.1 cm³/mol. The van der Waals surface area contributed by atoms with Gasteiger partial charge in [-0.1, -0.05) is 0 Å². The maximum Gasteiger partial charge on any atom is 0.321 e. The number of halogens is 2. The molecule has 0 saturated heterocycles. The average molecular weight is 313 g/mol. The summed E-state index contributed by atoms with van der Waals surface area (Å²) in [7, 11) is 1.45. The lowest BCUT2D eigenvalue weighted by atomic mass is 10.3. The van der Waals surface area contributed by atoms with Crippen molar-refractivity contribution >= 4 is 22.6 Å². The largest absolute Gasteiger partial charge is 0.321 e. The van der Waals surface area contributed by atoms with Gasteiger partial charge < -0.3 is 0 Å². The highest BCUT2D eigenvalue weighted by Crippen LogP contribution is 2.31. The van der Waals surface area contributed by atoms with Crippen molar-refractivity contribution in [1.29, 1.82) is 0 Å². The zero-order valence-corrected chi connectivity index (χ0v) is 11.8. The summed E-state index contributed by atoms with van der Waals surface area (Å²) >= 11 is 0.357. The molecule has 0 fully saturated rings. The summed E-state index contributed by atoms with van der Waals surface area (Å²) in [6.07, 6.45) is 0. The molecule has 0 atom stereocenters. The van der Waals surface area contributed by atoms with E-state index in [0.29, 0.717) is 11.8 Å². The van der Waals surface area contributed by atoms with Crippen LogP contribution in [0.25, 0.3) is 0 Å². The normalized spacial score (nSPS) is 10.7. The van der Waals surface area contributed by atoms with Crippen LogP contribution in [0.3, 0.4) is 0 Å². The Morgan fingerprint density at radius 3 is 2.71 bits per heavy atom. The number of aryl methyl sites for hydroxylation is 1. The first-order valence-corrected chi connectivity index (χ1v) is 6.48. The van der Waals surface area contributed by atoms with Gasteiger partial charge in [-0.3, -0.25) is 19.6 Å². The molecule has 2 rings (SSSR count). The topological polar surface area (TPSA) is 78.0 Å². The zero-order valence-electron chi connectivity index (χ0n) is 11.0. The van der Waals surface area contributed by atoms with Crippen molar-refractivity contribution in [3.63, 3.8) is 0 Å². The Kier molecular flexibility index (Phi) is 4.03. The number of carbonyl (C=O) groups is 1. The van der Waals surface area contributed by atoms with Crippen LogP contribution in [0.15, 0.2) is 23.1 Å². The third kappa shape index (κ3) is 2.92. The first kappa shape index (κ1) is 15.1. The lowest BCUT2D eigenvalue weighted by molar-refractivity contribution is -0.385. The Morgan fingerprint density at radius 1 is 1.43 bits per heavy atom. The number of benzene rings is 1. The van der Waals surface area contributed by atoms with Gasteiger partial charge in [0.1, 0.15) is 17.3 Å². The van der Waals surface area contributed by atoms with Crippen molar-refractivity contribution in [1.82, 2.24) is 9.78 Å². The molecule has 0 saturated carbocycles. The molecule has 0 spiro atoms. The standard InChI is InChI=1S/C12H9F2N3O3S/c1-6-11(17(19)20)10(15-16(6)2)12(18)21-9-5-7(13)3-4-8(9)14/h3-5H,1-2H3. The molecule has 0 N–H and O–H groups in total. The van der Waals surface area contributed by atoms with Crippen LogP contribution in [0.2, 0.25) is 0 Å². The van der Waals surface area contributed by atoms with Crippen LogP contribution in [0.5, 0.6) is 0 Å². The van der Waals surface area contributed by atoms with E-state index in [9.17, 15) is 23.7 Å². The second-order valence-corrected chi connectivity index (χ2v) is 5.14. The van der Waals surface area contributed by atoms with E-state index in [2.05, 4.69) is 5.10 Å². The summed E-state index contributed by atoms with van der Waals surface area (Å²) in [5.41, 5.74) is -0.635. The summed E-state index contributed by atoms with van der Waals surface area (Å²) < 4.78 is 27.7. The van der Waals surface area contributed by atoms with E-state index in [0.717, 1.165) is 18.2 Å². The predicted octanol–water partition coefficient (Wildman–Crippen LogP) is 2.85. The van der Waals surface area contributed by atoms with Gasteiger partial charge in [-0.05, 0) is 36.9 Å². The molecule has 0 bridgehead atoms. The number of hydrogen-bond acceptors (Lipinski definition) is 5. The van der Waals surface area contributed by atoms with E-state index >= 15 is 0 Å². The molecule has 110 valence electrons. The van der Waals surface area contributed by atoms with E-state index in [1.807, 2.05) is 0 Å². The van der Waals surface area contributed by atoms with Gasteiger partial charge in [-0.15, -0.1) is 0 Å². The van der Waals surface area contributed by atoms with Gasteiger partial charge in [0.05, 0.1) is 9.82 Å². The fourth-order valence-electron chi connectivity index (χ4n) is 1.66. The number of rotatable bonds is 3. The Hall–Kier alpha value is -2.29. The highest BCUT2D eigenvalue weighted by atomic mass is 32.2. The van der Waals surface area contributed by atoms with Crippen molar-refractivity contribution in [3.05, 3.63) is 51.3 Å². The first-order valence-electron chi connectivity index (χ1n) is 5.66. The SMILES string of the molecule is Cc1c([N+](=O)[O-])c(C(=O)Sc2cc(F)ccc2F)nn1C. The Bertz CT molecular complexity index is 746. The molecule has 9 heteroatoms. The molecule has 0 radical (unpaired) electrons. The molecular weight excluding hydrogens is 304 g/mol. The van der Waals surface area contributed by atoms with Gasteiger partial charge in [0, 0.05) is 7.05 Å². The van der Waals surface area contributed by atoms with Crippen LogP contribution in [-0.2, 0) is 7.05 Å². The highest BCUT2D eigenvalue weighted by molar-refractivity contribution is 8.14. The molecule has 0 unspecified atom stereocenters. The van der Waals surface area contributed by atoms with Crippen molar-refractivity contribution < 1.29 is 18.5 Å². The number of carbonyl (C=O) groups excluding carboxylic acids is 1. The fourth-order valence-corrected chi connectivity index (χ4v) is 2.43. The molecule has 0 aliphatic rings. The third-order valence-electron chi connectivity index (χ3n) is 2.77. The molecule has 21 heavy (non-hydrogen) atoms. The summed E-state index contributed by atoms with van der Waals surface area (Å²) in [5.74, 6) is -1.50. The van der Waals surface area contributed by atoms with Gasteiger partial charge in [-0.25, -0.2) is 8.78 Å². The van der Waals surface area contributed by atoms with Gasteiger partial charge in [0.25, 0.3) is 5.12 Å². The number of nitrogens with zero attached hydrogens (tertiary/aromatic N) is 3. The monoisotopic (exact) mass is 313 g/mol.